The first kappa shape index (κ1) is 21.0. The van der Waals surface area contributed by atoms with Gasteiger partial charge in [-0.05, 0) is 94.1 Å². The van der Waals surface area contributed by atoms with E-state index in [4.69, 9.17) is 14.5 Å². The lowest BCUT2D eigenvalue weighted by Gasteiger charge is -2.31. The van der Waals surface area contributed by atoms with E-state index >= 15 is 0 Å². The number of hydrogen-bond acceptors (Lipinski definition) is 6. The highest BCUT2D eigenvalue weighted by Gasteiger charge is 2.23. The molecule has 0 bridgehead atoms. The highest BCUT2D eigenvalue weighted by molar-refractivity contribution is 5.84. The average molecular weight is 431 g/mol. The Kier molecular flexibility index (Phi) is 6.09. The van der Waals surface area contributed by atoms with Gasteiger partial charge < -0.3 is 9.26 Å². The number of piperidine rings is 1. The number of nitrogens with zero attached hydrogens (tertiary/aromatic N) is 4. The zero-order valence-electron chi connectivity index (χ0n) is 18.7. The van der Waals surface area contributed by atoms with Crippen LogP contribution < -0.4 is 4.74 Å². The first-order valence-electron chi connectivity index (χ1n) is 11.8. The van der Waals surface area contributed by atoms with Crippen LogP contribution in [0.2, 0.25) is 0 Å². The van der Waals surface area contributed by atoms with Gasteiger partial charge in [-0.15, -0.1) is 0 Å². The normalized spacial score (nSPS) is 17.5. The molecular formula is C26H30N4O2. The zero-order valence-corrected chi connectivity index (χ0v) is 18.7. The van der Waals surface area contributed by atoms with E-state index in [1.54, 1.807) is 6.07 Å². The third-order valence-electron chi connectivity index (χ3n) is 6.93. The van der Waals surface area contributed by atoms with Crippen LogP contribution in [-0.2, 0) is 13.0 Å². The molecule has 0 radical (unpaired) electrons. The van der Waals surface area contributed by atoms with Crippen molar-refractivity contribution in [3.05, 3.63) is 53.0 Å². The van der Waals surface area contributed by atoms with Crippen molar-refractivity contribution in [3.63, 3.8) is 0 Å². The molecule has 2 aromatic heterocycles. The maximum Gasteiger partial charge on any atom is 0.173 e. The molecule has 6 heteroatoms. The van der Waals surface area contributed by atoms with E-state index in [1.165, 1.54) is 31.2 Å². The molecule has 166 valence electrons. The number of rotatable bonds is 8. The van der Waals surface area contributed by atoms with Gasteiger partial charge >= 0.3 is 0 Å². The molecule has 2 fully saturated rings. The molecule has 1 saturated carbocycles. The van der Waals surface area contributed by atoms with Crippen LogP contribution >= 0.6 is 0 Å². The summed E-state index contributed by atoms with van der Waals surface area (Å²) in [5, 5.41) is 14.4. The summed E-state index contributed by atoms with van der Waals surface area (Å²) in [5.74, 6) is 2.39. The second-order valence-corrected chi connectivity index (χ2v) is 9.37. The average Bonchev–Trinajstić information content (AvgIpc) is 3.56. The lowest BCUT2D eigenvalue weighted by atomic mass is 9.91. The predicted molar refractivity (Wildman–Crippen MR) is 122 cm³/mol. The number of pyridine rings is 1. The van der Waals surface area contributed by atoms with Gasteiger partial charge in [-0.25, -0.2) is 4.98 Å². The summed E-state index contributed by atoms with van der Waals surface area (Å²) >= 11 is 0. The molecule has 0 spiro atoms. The maximum atomic E-state index is 8.89. The van der Waals surface area contributed by atoms with E-state index < -0.39 is 0 Å². The molecule has 32 heavy (non-hydrogen) atoms. The zero-order chi connectivity index (χ0) is 21.9. The van der Waals surface area contributed by atoms with Crippen molar-refractivity contribution < 1.29 is 9.26 Å². The summed E-state index contributed by atoms with van der Waals surface area (Å²) in [5.41, 5.74) is 4.66. The molecule has 3 aromatic rings. The third kappa shape index (κ3) is 4.78. The SMILES string of the molecule is Cc1c(OCC2CC2)ccc2c(CCC3CCN(Cc4ccc(C#N)nc4)CC3)noc12. The molecule has 1 aromatic carbocycles. The summed E-state index contributed by atoms with van der Waals surface area (Å²) in [6.45, 7) is 5.99. The summed E-state index contributed by atoms with van der Waals surface area (Å²) in [7, 11) is 0. The van der Waals surface area contributed by atoms with E-state index in [0.29, 0.717) is 5.69 Å². The fraction of sp³-hybridized carbons (Fsp3) is 0.500. The summed E-state index contributed by atoms with van der Waals surface area (Å²) in [6, 6.07) is 10.1. The van der Waals surface area contributed by atoms with Gasteiger partial charge in [-0.2, -0.15) is 5.26 Å². The van der Waals surface area contributed by atoms with E-state index in [2.05, 4.69) is 40.2 Å². The highest BCUT2D eigenvalue weighted by Crippen LogP contribution is 2.34. The Labute approximate surface area is 189 Å². The van der Waals surface area contributed by atoms with Gasteiger partial charge in [0.05, 0.1) is 12.3 Å². The van der Waals surface area contributed by atoms with Gasteiger partial charge in [0.1, 0.15) is 17.5 Å². The Morgan fingerprint density at radius 2 is 1.97 bits per heavy atom. The van der Waals surface area contributed by atoms with Crippen molar-refractivity contribution in [1.82, 2.24) is 15.0 Å². The topological polar surface area (TPSA) is 75.2 Å². The lowest BCUT2D eigenvalue weighted by Crippen LogP contribution is -2.33. The number of hydrogen-bond donors (Lipinski definition) is 0. The van der Waals surface area contributed by atoms with Gasteiger partial charge in [-0.3, -0.25) is 4.90 Å². The molecule has 6 nitrogen and oxygen atoms in total. The number of likely N-dealkylation sites (tertiary alicyclic amines) is 1. The van der Waals surface area contributed by atoms with Crippen LogP contribution in [0, 0.1) is 30.1 Å². The van der Waals surface area contributed by atoms with Crippen LogP contribution in [0.3, 0.4) is 0 Å². The van der Waals surface area contributed by atoms with Crippen LogP contribution in [0.4, 0.5) is 0 Å². The Balaban J connectivity index is 1.12. The molecule has 1 saturated heterocycles. The fourth-order valence-corrected chi connectivity index (χ4v) is 4.61. The van der Waals surface area contributed by atoms with Gasteiger partial charge in [0, 0.05) is 23.7 Å². The van der Waals surface area contributed by atoms with Crippen molar-refractivity contribution in [2.75, 3.05) is 19.7 Å². The number of nitriles is 1. The lowest BCUT2D eigenvalue weighted by molar-refractivity contribution is 0.172. The molecule has 0 amide bonds. The second kappa shape index (κ2) is 9.30. The molecule has 1 aliphatic carbocycles. The Bertz CT molecular complexity index is 1100. The number of aryl methyl sites for hydroxylation is 2. The van der Waals surface area contributed by atoms with Crippen LogP contribution in [0.15, 0.2) is 35.0 Å². The van der Waals surface area contributed by atoms with Crippen molar-refractivity contribution in [1.29, 1.82) is 5.26 Å². The predicted octanol–water partition coefficient (Wildman–Crippen LogP) is 5.04. The van der Waals surface area contributed by atoms with Crippen LogP contribution in [0.1, 0.15) is 54.6 Å². The minimum absolute atomic E-state index is 0.477. The maximum absolute atomic E-state index is 8.89. The monoisotopic (exact) mass is 430 g/mol. The molecular weight excluding hydrogens is 400 g/mol. The van der Waals surface area contributed by atoms with Crippen molar-refractivity contribution in [2.45, 2.75) is 52.0 Å². The van der Waals surface area contributed by atoms with Gasteiger partial charge in [-0.1, -0.05) is 11.2 Å². The molecule has 3 heterocycles. The van der Waals surface area contributed by atoms with E-state index in [1.807, 2.05) is 12.3 Å². The highest BCUT2D eigenvalue weighted by atomic mass is 16.5. The second-order valence-electron chi connectivity index (χ2n) is 9.37. The quantitative estimate of drug-likeness (QED) is 0.499. The van der Waals surface area contributed by atoms with E-state index in [9.17, 15) is 0 Å². The standard InChI is InChI=1S/C26H30N4O2/c1-18-25(31-17-20-2-3-20)9-7-23-24(29-32-26(18)23)8-5-19-10-12-30(13-11-19)16-21-4-6-22(14-27)28-15-21/h4,6-7,9,15,19-20H,2-3,5,8,10-13,16-17H2,1H3. The molecule has 1 aliphatic heterocycles. The van der Waals surface area contributed by atoms with Gasteiger partial charge in [0.25, 0.3) is 0 Å². The minimum atomic E-state index is 0.477. The number of benzene rings is 1. The fourth-order valence-electron chi connectivity index (χ4n) is 4.61. The smallest absolute Gasteiger partial charge is 0.173 e. The first-order chi connectivity index (χ1) is 15.7. The molecule has 5 rings (SSSR count). The van der Waals surface area contributed by atoms with Crippen LogP contribution in [0.5, 0.6) is 5.75 Å². The van der Waals surface area contributed by atoms with E-state index in [0.717, 1.165) is 78.9 Å². The Morgan fingerprint density at radius 1 is 1.12 bits per heavy atom. The summed E-state index contributed by atoms with van der Waals surface area (Å²) in [4.78, 5) is 6.66. The van der Waals surface area contributed by atoms with Gasteiger partial charge in [0.15, 0.2) is 5.58 Å². The van der Waals surface area contributed by atoms with Crippen LogP contribution in [0.25, 0.3) is 11.0 Å². The number of ether oxygens (including phenoxy) is 1. The Morgan fingerprint density at radius 3 is 2.69 bits per heavy atom. The number of fused-ring (bicyclic) bond motifs is 1. The summed E-state index contributed by atoms with van der Waals surface area (Å²) < 4.78 is 11.7. The van der Waals surface area contributed by atoms with Crippen molar-refractivity contribution in [2.24, 2.45) is 11.8 Å². The third-order valence-corrected chi connectivity index (χ3v) is 6.93. The molecule has 0 atom stereocenters. The van der Waals surface area contributed by atoms with Crippen LogP contribution in [-0.4, -0.2) is 34.7 Å². The number of aromatic nitrogens is 2. The Hall–Kier alpha value is -2.91. The first-order valence-corrected chi connectivity index (χ1v) is 11.8. The molecule has 0 N–H and O–H groups in total. The van der Waals surface area contributed by atoms with Gasteiger partial charge in [0.2, 0.25) is 0 Å². The van der Waals surface area contributed by atoms with Crippen molar-refractivity contribution in [3.8, 4) is 11.8 Å². The van der Waals surface area contributed by atoms with E-state index in [-0.39, 0.29) is 0 Å². The summed E-state index contributed by atoms with van der Waals surface area (Å²) in [6.07, 6.45) is 8.92. The largest absolute Gasteiger partial charge is 0.493 e. The minimum Gasteiger partial charge on any atom is -0.493 e. The van der Waals surface area contributed by atoms with Crippen molar-refractivity contribution >= 4 is 11.0 Å². The molecule has 2 aliphatic rings. The molecule has 0 unspecified atom stereocenters.